The first-order valence-corrected chi connectivity index (χ1v) is 6.71. The Balaban J connectivity index is 0.00000144. The van der Waals surface area contributed by atoms with Crippen molar-refractivity contribution in [2.24, 2.45) is 11.8 Å². The number of nitrogens with zero attached hydrogens (tertiary/aromatic N) is 1. The van der Waals surface area contributed by atoms with Gasteiger partial charge < -0.3 is 10.2 Å². The molecule has 0 saturated carbocycles. The molecule has 100 valence electrons. The molecule has 0 radical (unpaired) electrons. The number of amides is 1. The largest absolute Gasteiger partial charge is 0.340 e. The molecule has 0 aromatic carbocycles. The fourth-order valence-corrected chi connectivity index (χ4v) is 2.73. The Bertz CT molecular complexity index is 256. The highest BCUT2D eigenvalue weighted by Crippen LogP contribution is 2.23. The molecule has 1 amide bonds. The maximum Gasteiger partial charge on any atom is 0.226 e. The van der Waals surface area contributed by atoms with E-state index < -0.39 is 0 Å². The standard InChI is InChI=1S/C13H24N2O.ClH/c1-10-6-4-3-5-7-15(10)13(16)11(2)12-8-14-9-12;/h10-12,14H,3-9H2,1-2H3;1H. The molecular formula is C13H25ClN2O. The maximum atomic E-state index is 12.4. The van der Waals surface area contributed by atoms with Gasteiger partial charge in [0.2, 0.25) is 5.91 Å². The molecule has 0 aromatic rings. The van der Waals surface area contributed by atoms with Crippen LogP contribution in [0.4, 0.5) is 0 Å². The first-order valence-electron chi connectivity index (χ1n) is 6.71. The second kappa shape index (κ2) is 6.60. The van der Waals surface area contributed by atoms with E-state index in [9.17, 15) is 4.79 Å². The van der Waals surface area contributed by atoms with Crippen molar-refractivity contribution in [2.75, 3.05) is 19.6 Å². The van der Waals surface area contributed by atoms with Crippen molar-refractivity contribution in [3.05, 3.63) is 0 Å². The molecule has 3 nitrogen and oxygen atoms in total. The zero-order chi connectivity index (χ0) is 11.5. The quantitative estimate of drug-likeness (QED) is 0.824. The highest BCUT2D eigenvalue weighted by atomic mass is 35.5. The summed E-state index contributed by atoms with van der Waals surface area (Å²) in [6.07, 6.45) is 4.94. The summed E-state index contributed by atoms with van der Waals surface area (Å²) in [7, 11) is 0. The van der Waals surface area contributed by atoms with Crippen LogP contribution in [-0.2, 0) is 4.79 Å². The van der Waals surface area contributed by atoms with Crippen molar-refractivity contribution in [1.29, 1.82) is 0 Å². The van der Waals surface area contributed by atoms with Gasteiger partial charge in [0.25, 0.3) is 0 Å². The molecule has 2 aliphatic rings. The van der Waals surface area contributed by atoms with Crippen molar-refractivity contribution >= 4 is 18.3 Å². The Labute approximate surface area is 111 Å². The summed E-state index contributed by atoms with van der Waals surface area (Å²) in [5.74, 6) is 1.17. The van der Waals surface area contributed by atoms with E-state index >= 15 is 0 Å². The summed E-state index contributed by atoms with van der Waals surface area (Å²) in [4.78, 5) is 14.5. The molecule has 2 heterocycles. The summed E-state index contributed by atoms with van der Waals surface area (Å²) in [5.41, 5.74) is 0. The van der Waals surface area contributed by atoms with Gasteiger partial charge in [0.1, 0.15) is 0 Å². The van der Waals surface area contributed by atoms with E-state index in [1.54, 1.807) is 0 Å². The molecule has 1 N–H and O–H groups in total. The van der Waals surface area contributed by atoms with Gasteiger partial charge in [-0.3, -0.25) is 4.79 Å². The molecule has 2 saturated heterocycles. The number of halogens is 1. The summed E-state index contributed by atoms with van der Waals surface area (Å²) >= 11 is 0. The molecule has 2 atom stereocenters. The van der Waals surface area contributed by atoms with Gasteiger partial charge in [0, 0.05) is 18.5 Å². The molecule has 0 bridgehead atoms. The zero-order valence-electron chi connectivity index (χ0n) is 10.9. The van der Waals surface area contributed by atoms with Crippen LogP contribution < -0.4 is 5.32 Å². The third-order valence-corrected chi connectivity index (χ3v) is 4.25. The van der Waals surface area contributed by atoms with E-state index in [0.717, 1.165) is 19.6 Å². The number of nitrogens with one attached hydrogen (secondary N) is 1. The molecule has 2 rings (SSSR count). The highest BCUT2D eigenvalue weighted by Gasteiger charge is 2.33. The zero-order valence-corrected chi connectivity index (χ0v) is 11.8. The van der Waals surface area contributed by atoms with Crippen LogP contribution in [0.5, 0.6) is 0 Å². The number of rotatable bonds is 2. The number of carbonyl (C=O) groups excluding carboxylic acids is 1. The van der Waals surface area contributed by atoms with E-state index in [1.165, 1.54) is 25.7 Å². The molecule has 0 aliphatic carbocycles. The second-order valence-electron chi connectivity index (χ2n) is 5.44. The van der Waals surface area contributed by atoms with Gasteiger partial charge in [-0.15, -0.1) is 12.4 Å². The number of likely N-dealkylation sites (tertiary alicyclic amines) is 1. The number of carbonyl (C=O) groups is 1. The molecular weight excluding hydrogens is 236 g/mol. The molecule has 2 aliphatic heterocycles. The molecule has 0 spiro atoms. The lowest BCUT2D eigenvalue weighted by Gasteiger charge is -2.36. The fraction of sp³-hybridized carbons (Fsp3) is 0.923. The Hall–Kier alpha value is -0.280. The Morgan fingerprint density at radius 1 is 1.29 bits per heavy atom. The third-order valence-electron chi connectivity index (χ3n) is 4.25. The lowest BCUT2D eigenvalue weighted by atomic mass is 9.87. The van der Waals surface area contributed by atoms with Crippen LogP contribution in [0.3, 0.4) is 0 Å². The van der Waals surface area contributed by atoms with Crippen molar-refractivity contribution in [3.8, 4) is 0 Å². The molecule has 0 aromatic heterocycles. The van der Waals surface area contributed by atoms with Crippen LogP contribution in [0.2, 0.25) is 0 Å². The molecule has 4 heteroatoms. The molecule has 2 unspecified atom stereocenters. The van der Waals surface area contributed by atoms with Gasteiger partial charge >= 0.3 is 0 Å². The van der Waals surface area contributed by atoms with Gasteiger partial charge in [-0.1, -0.05) is 19.8 Å². The molecule has 2 fully saturated rings. The normalized spacial score (nSPS) is 27.6. The van der Waals surface area contributed by atoms with Crippen LogP contribution in [0.15, 0.2) is 0 Å². The lowest BCUT2D eigenvalue weighted by molar-refractivity contribution is -0.139. The van der Waals surface area contributed by atoms with Crippen molar-refractivity contribution in [2.45, 2.75) is 45.6 Å². The Morgan fingerprint density at radius 3 is 2.59 bits per heavy atom. The van der Waals surface area contributed by atoms with Gasteiger partial charge in [0.15, 0.2) is 0 Å². The minimum absolute atomic E-state index is 0. The van der Waals surface area contributed by atoms with Gasteiger partial charge in [0.05, 0.1) is 0 Å². The lowest BCUT2D eigenvalue weighted by Crippen LogP contribution is -2.51. The van der Waals surface area contributed by atoms with Crippen LogP contribution in [0.25, 0.3) is 0 Å². The van der Waals surface area contributed by atoms with E-state index in [0.29, 0.717) is 17.9 Å². The smallest absolute Gasteiger partial charge is 0.226 e. The van der Waals surface area contributed by atoms with Crippen LogP contribution >= 0.6 is 12.4 Å². The van der Waals surface area contributed by atoms with E-state index in [2.05, 4.69) is 24.1 Å². The van der Waals surface area contributed by atoms with Crippen LogP contribution in [0.1, 0.15) is 39.5 Å². The third kappa shape index (κ3) is 3.35. The monoisotopic (exact) mass is 260 g/mol. The van der Waals surface area contributed by atoms with E-state index in [1.807, 2.05) is 0 Å². The Kier molecular flexibility index (Phi) is 5.74. The minimum Gasteiger partial charge on any atom is -0.340 e. The summed E-state index contributed by atoms with van der Waals surface area (Å²) < 4.78 is 0. The summed E-state index contributed by atoms with van der Waals surface area (Å²) in [6.45, 7) is 7.33. The van der Waals surface area contributed by atoms with Gasteiger partial charge in [-0.25, -0.2) is 0 Å². The first-order chi connectivity index (χ1) is 7.70. The predicted octanol–water partition coefficient (Wildman–Crippen LogP) is 2.05. The number of hydrogen-bond acceptors (Lipinski definition) is 2. The number of hydrogen-bond donors (Lipinski definition) is 1. The van der Waals surface area contributed by atoms with Gasteiger partial charge in [-0.05, 0) is 38.8 Å². The topological polar surface area (TPSA) is 32.3 Å². The average Bonchev–Trinajstić information content (AvgIpc) is 2.39. The van der Waals surface area contributed by atoms with E-state index in [4.69, 9.17) is 0 Å². The maximum absolute atomic E-state index is 12.4. The van der Waals surface area contributed by atoms with Crippen molar-refractivity contribution in [3.63, 3.8) is 0 Å². The average molecular weight is 261 g/mol. The SMILES string of the molecule is CC(C(=O)N1CCCCCC1C)C1CNC1.Cl. The van der Waals surface area contributed by atoms with Gasteiger partial charge in [-0.2, -0.15) is 0 Å². The van der Waals surface area contributed by atoms with Crippen molar-refractivity contribution in [1.82, 2.24) is 10.2 Å². The second-order valence-corrected chi connectivity index (χ2v) is 5.44. The fourth-order valence-electron chi connectivity index (χ4n) is 2.73. The Morgan fingerprint density at radius 2 is 2.00 bits per heavy atom. The summed E-state index contributed by atoms with van der Waals surface area (Å²) in [5, 5.41) is 3.25. The first kappa shape index (κ1) is 14.8. The van der Waals surface area contributed by atoms with E-state index in [-0.39, 0.29) is 18.3 Å². The molecule has 17 heavy (non-hydrogen) atoms. The van der Waals surface area contributed by atoms with Crippen LogP contribution in [-0.4, -0.2) is 36.5 Å². The van der Waals surface area contributed by atoms with Crippen LogP contribution in [0, 0.1) is 11.8 Å². The summed E-state index contributed by atoms with van der Waals surface area (Å²) in [6, 6.07) is 0.450. The minimum atomic E-state index is 0. The highest BCUT2D eigenvalue weighted by molar-refractivity contribution is 5.85. The predicted molar refractivity (Wildman–Crippen MR) is 72.4 cm³/mol. The van der Waals surface area contributed by atoms with Crippen molar-refractivity contribution < 1.29 is 4.79 Å².